The van der Waals surface area contributed by atoms with Gasteiger partial charge in [-0.15, -0.1) is 0 Å². The second-order valence-corrected chi connectivity index (χ2v) is 10.0. The molecule has 7 atom stereocenters. The molecule has 0 saturated heterocycles. The minimum atomic E-state index is -0.959. The number of rotatable bonds is 1. The van der Waals surface area contributed by atoms with Crippen molar-refractivity contribution in [2.24, 2.45) is 34.5 Å². The van der Waals surface area contributed by atoms with Gasteiger partial charge >= 0.3 is 5.97 Å². The summed E-state index contributed by atoms with van der Waals surface area (Å²) in [4.78, 5) is 11.3. The van der Waals surface area contributed by atoms with Crippen LogP contribution in [0.4, 0.5) is 0 Å². The minimum absolute atomic E-state index is 0.101. The van der Waals surface area contributed by atoms with Gasteiger partial charge in [0.15, 0.2) is 0 Å². The lowest BCUT2D eigenvalue weighted by atomic mass is 9.45. The third kappa shape index (κ3) is 2.08. The zero-order valence-electron chi connectivity index (χ0n) is 15.8. The van der Waals surface area contributed by atoms with Gasteiger partial charge in [-0.25, -0.2) is 4.79 Å². The molecule has 1 aromatic heterocycles. The molecule has 4 heteroatoms. The highest BCUT2D eigenvalue weighted by molar-refractivity contribution is 5.84. The fraction of sp³-hybridized carbons (Fsp3) is 0.773. The standard InChI is InChI=1S/C22H30O4/c1-21-8-7-16-14(15(21)5-6-19(21)23)4-3-13-10-17-12(11-22(13,16)2)9-18(26-17)20(24)25/h9,13-16,19,23H,3-8,10-11H2,1-2H3,(H,24,25)/t13-,14?,15?,16?,19-,21-,22-/m0/s1. The highest BCUT2D eigenvalue weighted by Gasteiger charge is 2.60. The Balaban J connectivity index is 1.48. The molecule has 0 spiro atoms. The van der Waals surface area contributed by atoms with Crippen LogP contribution in [0.1, 0.15) is 74.3 Å². The first kappa shape index (κ1) is 16.9. The van der Waals surface area contributed by atoms with E-state index in [1.54, 1.807) is 6.07 Å². The van der Waals surface area contributed by atoms with Gasteiger partial charge in [-0.3, -0.25) is 0 Å². The van der Waals surface area contributed by atoms with Crippen LogP contribution in [-0.2, 0) is 12.8 Å². The lowest BCUT2D eigenvalue weighted by Gasteiger charge is -2.59. The van der Waals surface area contributed by atoms with E-state index in [0.717, 1.165) is 42.9 Å². The molecule has 1 aromatic rings. The molecule has 0 radical (unpaired) electrons. The van der Waals surface area contributed by atoms with Crippen molar-refractivity contribution in [2.75, 3.05) is 0 Å². The predicted molar refractivity (Wildman–Crippen MR) is 97.0 cm³/mol. The van der Waals surface area contributed by atoms with Crippen LogP contribution >= 0.6 is 0 Å². The van der Waals surface area contributed by atoms with Crippen LogP contribution in [0.2, 0.25) is 0 Å². The molecule has 1 heterocycles. The van der Waals surface area contributed by atoms with E-state index < -0.39 is 5.97 Å². The molecule has 2 N–H and O–H groups in total. The normalized spacial score (nSPS) is 46.8. The van der Waals surface area contributed by atoms with E-state index >= 15 is 0 Å². The molecule has 5 rings (SSSR count). The molecule has 3 fully saturated rings. The third-order valence-corrected chi connectivity index (χ3v) is 9.13. The number of fused-ring (bicyclic) bond motifs is 6. The number of hydrogen-bond acceptors (Lipinski definition) is 3. The van der Waals surface area contributed by atoms with E-state index in [2.05, 4.69) is 13.8 Å². The van der Waals surface area contributed by atoms with E-state index in [9.17, 15) is 15.0 Å². The summed E-state index contributed by atoms with van der Waals surface area (Å²) in [6, 6.07) is 1.77. The number of carboxylic acids is 1. The van der Waals surface area contributed by atoms with Crippen LogP contribution in [0.5, 0.6) is 0 Å². The van der Waals surface area contributed by atoms with Crippen molar-refractivity contribution in [1.29, 1.82) is 0 Å². The van der Waals surface area contributed by atoms with Crippen LogP contribution in [0, 0.1) is 34.5 Å². The smallest absolute Gasteiger partial charge is 0.371 e. The van der Waals surface area contributed by atoms with Gasteiger partial charge in [0, 0.05) is 6.42 Å². The predicted octanol–water partition coefficient (Wildman–Crippen LogP) is 4.30. The zero-order valence-corrected chi connectivity index (χ0v) is 15.8. The monoisotopic (exact) mass is 358 g/mol. The number of aromatic carboxylic acids is 1. The summed E-state index contributed by atoms with van der Waals surface area (Å²) in [6.07, 6.45) is 8.70. The zero-order chi connectivity index (χ0) is 18.3. The molecule has 4 aliphatic carbocycles. The Morgan fingerprint density at radius 2 is 1.88 bits per heavy atom. The average Bonchev–Trinajstić information content (AvgIpc) is 3.13. The van der Waals surface area contributed by atoms with E-state index in [1.165, 1.54) is 25.7 Å². The van der Waals surface area contributed by atoms with Crippen molar-refractivity contribution in [2.45, 2.75) is 71.3 Å². The fourth-order valence-electron chi connectivity index (χ4n) is 7.65. The topological polar surface area (TPSA) is 70.7 Å². The number of aliphatic hydroxyl groups is 1. The lowest BCUT2D eigenvalue weighted by molar-refractivity contribution is -0.112. The quantitative estimate of drug-likeness (QED) is 0.785. The van der Waals surface area contributed by atoms with Gasteiger partial charge in [-0.1, -0.05) is 13.8 Å². The first-order valence-corrected chi connectivity index (χ1v) is 10.4. The second kappa shape index (κ2) is 5.37. The molecular formula is C22H30O4. The highest BCUT2D eigenvalue weighted by Crippen LogP contribution is 2.65. The molecule has 3 saturated carbocycles. The molecule has 142 valence electrons. The maximum Gasteiger partial charge on any atom is 0.371 e. The van der Waals surface area contributed by atoms with Crippen LogP contribution in [0.15, 0.2) is 10.5 Å². The number of aliphatic hydroxyl groups excluding tert-OH is 1. The van der Waals surface area contributed by atoms with E-state index in [4.69, 9.17) is 4.42 Å². The number of furan rings is 1. The first-order valence-electron chi connectivity index (χ1n) is 10.4. The van der Waals surface area contributed by atoms with Crippen LogP contribution < -0.4 is 0 Å². The van der Waals surface area contributed by atoms with E-state index in [-0.39, 0.29) is 22.7 Å². The van der Waals surface area contributed by atoms with Crippen LogP contribution in [-0.4, -0.2) is 22.3 Å². The average molecular weight is 358 g/mol. The molecule has 0 amide bonds. The molecular weight excluding hydrogens is 328 g/mol. The largest absolute Gasteiger partial charge is 0.475 e. The van der Waals surface area contributed by atoms with Gasteiger partial charge in [0.05, 0.1) is 6.10 Å². The molecule has 0 bridgehead atoms. The maximum absolute atomic E-state index is 11.3. The van der Waals surface area contributed by atoms with Crippen LogP contribution in [0.3, 0.4) is 0 Å². The second-order valence-electron chi connectivity index (χ2n) is 10.0. The molecule has 26 heavy (non-hydrogen) atoms. The third-order valence-electron chi connectivity index (χ3n) is 9.13. The van der Waals surface area contributed by atoms with Gasteiger partial charge in [0.1, 0.15) is 5.76 Å². The SMILES string of the molecule is C[C@]12CCC3C(CC[C@H]4Cc5oc(C(=O)O)cc5C[C@]34C)C1CC[C@@H]2O. The highest BCUT2D eigenvalue weighted by atomic mass is 16.4. The van der Waals surface area contributed by atoms with Gasteiger partial charge in [-0.05, 0) is 91.1 Å². The van der Waals surface area contributed by atoms with E-state index in [1.807, 2.05) is 0 Å². The van der Waals surface area contributed by atoms with Crippen molar-refractivity contribution in [3.8, 4) is 0 Å². The van der Waals surface area contributed by atoms with Gasteiger partial charge in [0.25, 0.3) is 0 Å². The number of carbonyl (C=O) groups is 1. The summed E-state index contributed by atoms with van der Waals surface area (Å²) >= 11 is 0. The van der Waals surface area contributed by atoms with Crippen molar-refractivity contribution in [3.63, 3.8) is 0 Å². The summed E-state index contributed by atoms with van der Waals surface area (Å²) in [5, 5.41) is 19.9. The van der Waals surface area contributed by atoms with Gasteiger partial charge < -0.3 is 14.6 Å². The van der Waals surface area contributed by atoms with Crippen molar-refractivity contribution in [3.05, 3.63) is 23.2 Å². The Labute approximate surface area is 155 Å². The molecule has 3 unspecified atom stereocenters. The molecule has 4 nitrogen and oxygen atoms in total. The summed E-state index contributed by atoms with van der Waals surface area (Å²) < 4.78 is 5.66. The van der Waals surface area contributed by atoms with Gasteiger partial charge in [-0.2, -0.15) is 0 Å². The summed E-state index contributed by atoms with van der Waals surface area (Å²) in [5.41, 5.74) is 1.49. The Hall–Kier alpha value is -1.29. The van der Waals surface area contributed by atoms with Crippen molar-refractivity contribution in [1.82, 2.24) is 0 Å². The molecule has 0 aliphatic heterocycles. The Kier molecular flexibility index (Phi) is 3.48. The first-order chi connectivity index (χ1) is 12.3. The van der Waals surface area contributed by atoms with Crippen molar-refractivity contribution < 1.29 is 19.4 Å². The van der Waals surface area contributed by atoms with E-state index in [0.29, 0.717) is 17.8 Å². The maximum atomic E-state index is 11.3. The van der Waals surface area contributed by atoms with Gasteiger partial charge in [0.2, 0.25) is 5.76 Å². The Morgan fingerprint density at radius 1 is 1.12 bits per heavy atom. The fourth-order valence-corrected chi connectivity index (χ4v) is 7.65. The van der Waals surface area contributed by atoms with Crippen LogP contribution in [0.25, 0.3) is 0 Å². The number of carboxylic acid groups (broad SMARTS) is 1. The molecule has 4 aliphatic rings. The van der Waals surface area contributed by atoms with Crippen molar-refractivity contribution >= 4 is 5.97 Å². The summed E-state index contributed by atoms with van der Waals surface area (Å²) in [5.74, 6) is 2.73. The minimum Gasteiger partial charge on any atom is -0.475 e. The molecule has 0 aromatic carbocycles. The summed E-state index contributed by atoms with van der Waals surface area (Å²) in [7, 11) is 0. The Morgan fingerprint density at radius 3 is 2.65 bits per heavy atom. The lowest BCUT2D eigenvalue weighted by Crippen LogP contribution is -2.54. The Bertz CT molecular complexity index is 751. The number of hydrogen-bond donors (Lipinski definition) is 2. The summed E-state index contributed by atoms with van der Waals surface area (Å²) in [6.45, 7) is 4.78.